The molecule has 0 unspecified atom stereocenters. The molecule has 1 aliphatic carbocycles. The third-order valence-corrected chi connectivity index (χ3v) is 6.19. The second-order valence-corrected chi connectivity index (χ2v) is 7.17. The number of hydrogen-bond acceptors (Lipinski definition) is 4. The lowest BCUT2D eigenvalue weighted by molar-refractivity contribution is 0.249. The number of rotatable bonds is 5. The van der Waals surface area contributed by atoms with Gasteiger partial charge in [0.2, 0.25) is 5.03 Å². The van der Waals surface area contributed by atoms with Crippen molar-refractivity contribution < 1.29 is 8.42 Å². The molecule has 1 fully saturated rings. The van der Waals surface area contributed by atoms with Gasteiger partial charge in [0.1, 0.15) is 0 Å². The average molecular weight is 337 g/mol. The summed E-state index contributed by atoms with van der Waals surface area (Å²) in [5.41, 5.74) is 0. The van der Waals surface area contributed by atoms with Gasteiger partial charge in [-0.25, -0.2) is 13.1 Å². The van der Waals surface area contributed by atoms with Crippen molar-refractivity contribution in [3.8, 4) is 0 Å². The molecule has 8 heteroatoms. The van der Waals surface area contributed by atoms with Gasteiger partial charge < -0.3 is 0 Å². The summed E-state index contributed by atoms with van der Waals surface area (Å²) in [6.07, 6.45) is 3.45. The van der Waals surface area contributed by atoms with E-state index in [2.05, 4.69) is 26.2 Å². The van der Waals surface area contributed by atoms with Crippen molar-refractivity contribution in [2.24, 2.45) is 13.0 Å². The molecule has 0 saturated heterocycles. The first-order valence-electron chi connectivity index (χ1n) is 6.02. The minimum absolute atomic E-state index is 0.128. The van der Waals surface area contributed by atoms with Crippen LogP contribution in [0.25, 0.3) is 0 Å². The average Bonchev–Trinajstić information content (AvgIpc) is 2.57. The Kier molecular flexibility index (Phi) is 4.08. The van der Waals surface area contributed by atoms with E-state index >= 15 is 0 Å². The van der Waals surface area contributed by atoms with Crippen LogP contribution in [0.4, 0.5) is 0 Å². The van der Waals surface area contributed by atoms with Crippen LogP contribution in [0.15, 0.2) is 9.63 Å². The monoisotopic (exact) mass is 336 g/mol. The summed E-state index contributed by atoms with van der Waals surface area (Å²) < 4.78 is 28.2. The molecule has 0 atom stereocenters. The Morgan fingerprint density at radius 2 is 2.17 bits per heavy atom. The van der Waals surface area contributed by atoms with Gasteiger partial charge in [0, 0.05) is 20.1 Å². The molecule has 0 radical (unpaired) electrons. The zero-order valence-electron chi connectivity index (χ0n) is 10.5. The topological polar surface area (TPSA) is 68.1 Å². The highest BCUT2D eigenvalue weighted by Gasteiger charge is 2.32. The molecule has 102 valence electrons. The van der Waals surface area contributed by atoms with Gasteiger partial charge in [-0.15, -0.1) is 5.10 Å². The summed E-state index contributed by atoms with van der Waals surface area (Å²) in [5, 5.41) is 7.59. The first-order chi connectivity index (χ1) is 8.46. The van der Waals surface area contributed by atoms with Crippen LogP contribution in [0.5, 0.6) is 0 Å². The van der Waals surface area contributed by atoms with E-state index in [4.69, 9.17) is 0 Å². The molecule has 0 aromatic carbocycles. The van der Waals surface area contributed by atoms with E-state index in [1.807, 2.05) is 6.92 Å². The highest BCUT2D eigenvalue weighted by Crippen LogP contribution is 2.30. The van der Waals surface area contributed by atoms with E-state index < -0.39 is 10.0 Å². The summed E-state index contributed by atoms with van der Waals surface area (Å²) in [6.45, 7) is 2.92. The van der Waals surface area contributed by atoms with E-state index in [0.29, 0.717) is 19.0 Å². The van der Waals surface area contributed by atoms with E-state index in [1.165, 1.54) is 15.4 Å². The summed E-state index contributed by atoms with van der Waals surface area (Å²) in [5.74, 6) is 0.500. The maximum absolute atomic E-state index is 12.5. The second kappa shape index (κ2) is 5.26. The molecular weight excluding hydrogens is 320 g/mol. The molecule has 2 rings (SSSR count). The van der Waals surface area contributed by atoms with Gasteiger partial charge in [-0.1, -0.05) is 18.6 Å². The summed E-state index contributed by atoms with van der Waals surface area (Å²) in [4.78, 5) is 0. The van der Waals surface area contributed by atoms with Gasteiger partial charge in [-0.05, 0) is 34.7 Å². The van der Waals surface area contributed by atoms with Crippen LogP contribution in [0.2, 0.25) is 0 Å². The number of halogens is 1. The van der Waals surface area contributed by atoms with Crippen molar-refractivity contribution in [2.75, 3.05) is 13.1 Å². The van der Waals surface area contributed by atoms with Crippen LogP contribution in [0, 0.1) is 5.92 Å². The molecule has 0 aliphatic heterocycles. The molecule has 0 N–H and O–H groups in total. The third kappa shape index (κ3) is 2.46. The molecule has 1 aromatic heterocycles. The highest BCUT2D eigenvalue weighted by molar-refractivity contribution is 9.10. The first-order valence-corrected chi connectivity index (χ1v) is 8.25. The van der Waals surface area contributed by atoms with Gasteiger partial charge in [0.05, 0.1) is 0 Å². The zero-order chi connectivity index (χ0) is 13.3. The summed E-state index contributed by atoms with van der Waals surface area (Å²) >= 11 is 3.15. The van der Waals surface area contributed by atoms with Crippen LogP contribution >= 0.6 is 15.9 Å². The Morgan fingerprint density at radius 1 is 1.50 bits per heavy atom. The fourth-order valence-corrected chi connectivity index (χ4v) is 4.64. The quantitative estimate of drug-likeness (QED) is 0.814. The third-order valence-electron chi connectivity index (χ3n) is 3.36. The zero-order valence-corrected chi connectivity index (χ0v) is 12.9. The molecule has 1 heterocycles. The molecule has 1 saturated carbocycles. The second-order valence-electron chi connectivity index (χ2n) is 4.56. The maximum Gasteiger partial charge on any atom is 0.263 e. The lowest BCUT2D eigenvalue weighted by atomic mass is 9.85. The van der Waals surface area contributed by atoms with E-state index in [1.54, 1.807) is 7.05 Å². The first kappa shape index (κ1) is 14.0. The fourth-order valence-electron chi connectivity index (χ4n) is 2.08. The fraction of sp³-hybridized carbons (Fsp3) is 0.800. The lowest BCUT2D eigenvalue weighted by Crippen LogP contribution is -2.38. The highest BCUT2D eigenvalue weighted by atomic mass is 79.9. The standard InChI is InChI=1S/C10H17BrN4O2S/c1-3-15(7-8-5-4-6-8)18(16,17)10-9(11)12-13-14(10)2/h8H,3-7H2,1-2H3. The number of aryl methyl sites for hydroxylation is 1. The Balaban J connectivity index is 2.27. The van der Waals surface area contributed by atoms with Crippen molar-refractivity contribution in [3.63, 3.8) is 0 Å². The van der Waals surface area contributed by atoms with Crippen LogP contribution in [-0.4, -0.2) is 40.8 Å². The summed E-state index contributed by atoms with van der Waals surface area (Å²) in [7, 11) is -1.93. The van der Waals surface area contributed by atoms with Gasteiger partial charge in [0.15, 0.2) is 4.60 Å². The van der Waals surface area contributed by atoms with Crippen LogP contribution in [0.3, 0.4) is 0 Å². The molecular formula is C10H17BrN4O2S. The van der Waals surface area contributed by atoms with E-state index in [0.717, 1.165) is 12.8 Å². The molecule has 1 aliphatic rings. The maximum atomic E-state index is 12.5. The Hall–Kier alpha value is -0.470. The van der Waals surface area contributed by atoms with Crippen molar-refractivity contribution >= 4 is 26.0 Å². The SMILES string of the molecule is CCN(CC1CCC1)S(=O)(=O)c1c(Br)nnn1C. The van der Waals surface area contributed by atoms with Gasteiger partial charge in [-0.2, -0.15) is 4.31 Å². The predicted octanol–water partition coefficient (Wildman–Crippen LogP) is 1.39. The van der Waals surface area contributed by atoms with Gasteiger partial charge >= 0.3 is 0 Å². The largest absolute Gasteiger partial charge is 0.263 e. The normalized spacial score (nSPS) is 17.1. The molecule has 0 amide bonds. The molecule has 1 aromatic rings. The van der Waals surface area contributed by atoms with Crippen molar-refractivity contribution in [1.82, 2.24) is 19.3 Å². The number of sulfonamides is 1. The van der Waals surface area contributed by atoms with Crippen molar-refractivity contribution in [1.29, 1.82) is 0 Å². The molecule has 6 nitrogen and oxygen atoms in total. The minimum Gasteiger partial charge on any atom is -0.235 e. The smallest absolute Gasteiger partial charge is 0.235 e. The van der Waals surface area contributed by atoms with Crippen molar-refractivity contribution in [2.45, 2.75) is 31.2 Å². The van der Waals surface area contributed by atoms with Gasteiger partial charge in [0.25, 0.3) is 10.0 Å². The summed E-state index contributed by atoms with van der Waals surface area (Å²) in [6, 6.07) is 0. The molecule has 0 spiro atoms. The number of nitrogens with zero attached hydrogens (tertiary/aromatic N) is 4. The Labute approximate surface area is 116 Å². The van der Waals surface area contributed by atoms with Crippen LogP contribution < -0.4 is 0 Å². The Morgan fingerprint density at radius 3 is 2.56 bits per heavy atom. The number of aromatic nitrogens is 3. The van der Waals surface area contributed by atoms with Crippen molar-refractivity contribution in [3.05, 3.63) is 4.60 Å². The van der Waals surface area contributed by atoms with Gasteiger partial charge in [-0.3, -0.25) is 0 Å². The van der Waals surface area contributed by atoms with E-state index in [-0.39, 0.29) is 9.63 Å². The predicted molar refractivity (Wildman–Crippen MR) is 70.5 cm³/mol. The van der Waals surface area contributed by atoms with Crippen LogP contribution in [0.1, 0.15) is 26.2 Å². The lowest BCUT2D eigenvalue weighted by Gasteiger charge is -2.31. The molecule has 18 heavy (non-hydrogen) atoms. The Bertz CT molecular complexity index is 504. The molecule has 0 bridgehead atoms. The minimum atomic E-state index is -3.52. The van der Waals surface area contributed by atoms with Crippen LogP contribution in [-0.2, 0) is 17.1 Å². The number of hydrogen-bond donors (Lipinski definition) is 0. The van der Waals surface area contributed by atoms with E-state index in [9.17, 15) is 8.42 Å².